The number of fused-ring (bicyclic) bond motifs is 6. The summed E-state index contributed by atoms with van der Waals surface area (Å²) in [5.41, 5.74) is 11.4. The van der Waals surface area contributed by atoms with E-state index in [-0.39, 0.29) is 0 Å². The van der Waals surface area contributed by atoms with Crippen LogP contribution < -0.4 is 15.9 Å². The first-order valence-electron chi connectivity index (χ1n) is 16.5. The maximum atomic E-state index is 4.02. The molecule has 1 aliphatic heterocycles. The molecule has 2 atom stereocenters. The van der Waals surface area contributed by atoms with Crippen LogP contribution in [0.15, 0.2) is 113 Å². The molecule has 4 aromatic rings. The van der Waals surface area contributed by atoms with E-state index in [0.717, 1.165) is 25.7 Å². The molecule has 1 aromatic heterocycles. The van der Waals surface area contributed by atoms with Crippen molar-refractivity contribution in [3.63, 3.8) is 0 Å². The van der Waals surface area contributed by atoms with Gasteiger partial charge >= 0.3 is 0 Å². The molecule has 2 nitrogen and oxygen atoms in total. The Morgan fingerprint density at radius 1 is 0.864 bits per heavy atom. The fourth-order valence-corrected chi connectivity index (χ4v) is 9.83. The Hall–Kier alpha value is -3.95. The van der Waals surface area contributed by atoms with Crippen LogP contribution in [0, 0.1) is 6.92 Å². The van der Waals surface area contributed by atoms with Crippen molar-refractivity contribution in [2.24, 2.45) is 0 Å². The molecular formula is C41H38N2S. The van der Waals surface area contributed by atoms with Gasteiger partial charge < -0.3 is 9.88 Å². The fourth-order valence-electron chi connectivity index (χ4n) is 8.33. The molecule has 9 rings (SSSR count). The Morgan fingerprint density at radius 2 is 1.75 bits per heavy atom. The molecule has 3 aromatic carbocycles. The summed E-state index contributed by atoms with van der Waals surface area (Å²) in [6.45, 7) is 2.26. The van der Waals surface area contributed by atoms with Gasteiger partial charge in [0, 0.05) is 38.9 Å². The molecule has 0 bridgehead atoms. The van der Waals surface area contributed by atoms with E-state index in [1.165, 1.54) is 91.7 Å². The molecule has 0 saturated heterocycles. The van der Waals surface area contributed by atoms with E-state index in [0.29, 0.717) is 11.2 Å². The average Bonchev–Trinajstić information content (AvgIpc) is 3.61. The molecule has 2 unspecified atom stereocenters. The maximum absolute atomic E-state index is 4.02. The lowest BCUT2D eigenvalue weighted by Gasteiger charge is -2.22. The SMILES string of the molecule is Cc1ccc2ccccc2c1C1C=CC(n2c3c(c4ccccc42)=C(NC2=CC4=C(CC2)SC2CCCC=C42)CCC=3)=CC1. The lowest BCUT2D eigenvalue weighted by molar-refractivity contribution is 0.724. The Morgan fingerprint density at radius 3 is 2.66 bits per heavy atom. The number of hydrogen-bond acceptors (Lipinski definition) is 2. The minimum absolute atomic E-state index is 0.389. The zero-order valence-corrected chi connectivity index (χ0v) is 26.2. The van der Waals surface area contributed by atoms with E-state index in [1.54, 1.807) is 10.5 Å². The summed E-state index contributed by atoms with van der Waals surface area (Å²) in [6.07, 6.45) is 24.1. The standard InChI is InChI=1S/C41H38N2S/c1-26-17-18-27-9-2-3-10-31(27)40(26)28-19-22-30(23-20-28)43-36-14-6-4-12-33(36)41-35(13-8-15-37(41)43)42-29-21-24-39-34(25-29)32-11-5-7-16-38(32)44-39/h2-4,6,9-12,14-15,17-19,22-23,25,28,38,42H,5,7-8,13,16,20-21,24H2,1H3. The van der Waals surface area contributed by atoms with Crippen LogP contribution >= 0.6 is 11.8 Å². The van der Waals surface area contributed by atoms with Gasteiger partial charge in [0.25, 0.3) is 0 Å². The number of benzene rings is 3. The Labute approximate surface area is 263 Å². The van der Waals surface area contributed by atoms with Crippen LogP contribution in [0.25, 0.3) is 39.1 Å². The van der Waals surface area contributed by atoms with Crippen molar-refractivity contribution < 1.29 is 0 Å². The van der Waals surface area contributed by atoms with Crippen LogP contribution in [0.1, 0.15) is 68.4 Å². The molecule has 0 amide bonds. The van der Waals surface area contributed by atoms with Crippen molar-refractivity contribution in [1.82, 2.24) is 9.88 Å². The van der Waals surface area contributed by atoms with Gasteiger partial charge in [0.2, 0.25) is 0 Å². The highest BCUT2D eigenvalue weighted by molar-refractivity contribution is 8.04. The maximum Gasteiger partial charge on any atom is 0.0541 e. The van der Waals surface area contributed by atoms with Crippen LogP contribution in [-0.4, -0.2) is 9.82 Å². The second kappa shape index (κ2) is 10.6. The van der Waals surface area contributed by atoms with E-state index >= 15 is 0 Å². The number of para-hydroxylation sites is 1. The normalized spacial score (nSPS) is 22.7. The number of hydrogen-bond donors (Lipinski definition) is 1. The van der Waals surface area contributed by atoms with E-state index in [1.807, 2.05) is 0 Å². The van der Waals surface area contributed by atoms with Gasteiger partial charge in [0.15, 0.2) is 0 Å². The first-order chi connectivity index (χ1) is 21.7. The lowest BCUT2D eigenvalue weighted by Crippen LogP contribution is -2.36. The number of nitrogens with one attached hydrogen (secondary N) is 1. The Balaban J connectivity index is 1.10. The molecule has 2 heterocycles. The Kier molecular flexibility index (Phi) is 6.37. The van der Waals surface area contributed by atoms with Gasteiger partial charge in [-0.1, -0.05) is 78.9 Å². The second-order valence-corrected chi connectivity index (χ2v) is 14.3. The predicted octanol–water partition coefficient (Wildman–Crippen LogP) is 9.12. The van der Waals surface area contributed by atoms with Crippen molar-refractivity contribution in [3.05, 3.63) is 134 Å². The van der Waals surface area contributed by atoms with Crippen molar-refractivity contribution in [2.45, 2.75) is 69.5 Å². The first kappa shape index (κ1) is 26.5. The number of aryl methyl sites for hydroxylation is 1. The third kappa shape index (κ3) is 4.24. The van der Waals surface area contributed by atoms with E-state index in [2.05, 4.69) is 126 Å². The van der Waals surface area contributed by atoms with Crippen molar-refractivity contribution in [1.29, 1.82) is 0 Å². The van der Waals surface area contributed by atoms with Gasteiger partial charge in [0.1, 0.15) is 0 Å². The topological polar surface area (TPSA) is 17.0 Å². The van der Waals surface area contributed by atoms with Crippen molar-refractivity contribution in [2.75, 3.05) is 0 Å². The van der Waals surface area contributed by atoms with Gasteiger partial charge in [-0.2, -0.15) is 0 Å². The molecular weight excluding hydrogens is 553 g/mol. The first-order valence-corrected chi connectivity index (χ1v) is 17.4. The second-order valence-electron chi connectivity index (χ2n) is 13.0. The molecule has 4 aliphatic carbocycles. The molecule has 44 heavy (non-hydrogen) atoms. The smallest absolute Gasteiger partial charge is 0.0541 e. The minimum atomic E-state index is 0.389. The van der Waals surface area contributed by atoms with Gasteiger partial charge in [-0.05, 0) is 114 Å². The molecule has 5 aliphatic rings. The summed E-state index contributed by atoms with van der Waals surface area (Å²) in [4.78, 5) is 1.63. The van der Waals surface area contributed by atoms with E-state index < -0.39 is 0 Å². The van der Waals surface area contributed by atoms with Crippen LogP contribution in [0.4, 0.5) is 0 Å². The van der Waals surface area contributed by atoms with Gasteiger partial charge in [-0.3, -0.25) is 0 Å². The number of allylic oxidation sites excluding steroid dienone is 9. The average molecular weight is 591 g/mol. The number of nitrogens with zero attached hydrogens (tertiary/aromatic N) is 1. The Bertz CT molecular complexity index is 2150. The quantitative estimate of drug-likeness (QED) is 0.255. The number of thioether (sulfide) groups is 1. The van der Waals surface area contributed by atoms with Crippen LogP contribution in [0.2, 0.25) is 0 Å². The van der Waals surface area contributed by atoms with Crippen LogP contribution in [0.3, 0.4) is 0 Å². The summed E-state index contributed by atoms with van der Waals surface area (Å²) in [7, 11) is 0. The minimum Gasteiger partial charge on any atom is -0.362 e. The lowest BCUT2D eigenvalue weighted by atomic mass is 9.85. The largest absolute Gasteiger partial charge is 0.362 e. The molecule has 0 fully saturated rings. The summed E-state index contributed by atoms with van der Waals surface area (Å²) in [5, 5.41) is 11.5. The highest BCUT2D eigenvalue weighted by Gasteiger charge is 2.32. The highest BCUT2D eigenvalue weighted by Crippen LogP contribution is 2.50. The van der Waals surface area contributed by atoms with Gasteiger partial charge in [-0.25, -0.2) is 0 Å². The highest BCUT2D eigenvalue weighted by atomic mass is 32.2. The van der Waals surface area contributed by atoms with Gasteiger partial charge in [-0.15, -0.1) is 11.8 Å². The van der Waals surface area contributed by atoms with Crippen LogP contribution in [0.5, 0.6) is 0 Å². The van der Waals surface area contributed by atoms with Gasteiger partial charge in [0.05, 0.1) is 10.9 Å². The third-order valence-electron chi connectivity index (χ3n) is 10.4. The molecule has 0 spiro atoms. The molecule has 218 valence electrons. The zero-order chi connectivity index (χ0) is 29.2. The summed E-state index contributed by atoms with van der Waals surface area (Å²) in [5.74, 6) is 0.389. The monoisotopic (exact) mass is 590 g/mol. The molecule has 0 saturated carbocycles. The van der Waals surface area contributed by atoms with Crippen molar-refractivity contribution in [3.8, 4) is 0 Å². The van der Waals surface area contributed by atoms with Crippen LogP contribution in [-0.2, 0) is 0 Å². The summed E-state index contributed by atoms with van der Waals surface area (Å²) in [6, 6.07) is 22.4. The van der Waals surface area contributed by atoms with E-state index in [9.17, 15) is 0 Å². The third-order valence-corrected chi connectivity index (χ3v) is 11.9. The summed E-state index contributed by atoms with van der Waals surface area (Å²) < 4.78 is 2.52. The predicted molar refractivity (Wildman–Crippen MR) is 189 cm³/mol. The number of rotatable bonds is 4. The molecule has 0 radical (unpaired) electrons. The fraction of sp³-hybridized carbons (Fsp3) is 0.268. The molecule has 1 N–H and O–H groups in total. The van der Waals surface area contributed by atoms with Crippen molar-refractivity contribution >= 4 is 50.9 Å². The van der Waals surface area contributed by atoms with E-state index in [4.69, 9.17) is 0 Å². The zero-order valence-electron chi connectivity index (χ0n) is 25.4. The molecule has 3 heteroatoms. The number of aromatic nitrogens is 1. The summed E-state index contributed by atoms with van der Waals surface area (Å²) >= 11 is 2.15.